The number of carbonyl (C=O) groups excluding carboxylic acids is 2. The average Bonchev–Trinajstić information content (AvgIpc) is 2.84. The maximum atomic E-state index is 12.1. The number of carbonyl (C=O) groups is 2. The first-order chi connectivity index (χ1) is 17.0. The Kier molecular flexibility index (Phi) is 8.88. The van der Waals surface area contributed by atoms with Gasteiger partial charge in [0.25, 0.3) is 0 Å². The third-order valence-corrected chi connectivity index (χ3v) is 5.50. The average molecular weight is 504 g/mol. The number of ether oxygens (including phenoxy) is 3. The van der Waals surface area contributed by atoms with Crippen molar-refractivity contribution in [3.8, 4) is 23.0 Å². The second-order valence-corrected chi connectivity index (χ2v) is 8.35. The van der Waals surface area contributed by atoms with Crippen LogP contribution in [0.5, 0.6) is 23.0 Å². The van der Waals surface area contributed by atoms with Crippen LogP contribution in [0.25, 0.3) is 6.08 Å². The Labute approximate surface area is 206 Å². The molecule has 1 fully saturated rings. The summed E-state index contributed by atoms with van der Waals surface area (Å²) in [5, 5.41) is 59.8. The molecule has 0 aromatic heterocycles. The monoisotopic (exact) mass is 504 g/mol. The molecule has 0 amide bonds. The quantitative estimate of drug-likeness (QED) is 0.161. The number of aromatic hydroxyl groups is 3. The SMILES string of the molecule is CC(=O)CCc1ccc(O[C@@H]2O[C@H](COC(=O)C=Cc3ccc(O)c(O)c3)[C@@H](O)[C@H](O)[C@H]2O)c(O)c1. The molecule has 0 bridgehead atoms. The fourth-order valence-corrected chi connectivity index (χ4v) is 3.44. The topological polar surface area (TPSA) is 183 Å². The van der Waals surface area contributed by atoms with E-state index in [1.807, 2.05) is 0 Å². The lowest BCUT2D eigenvalue weighted by Gasteiger charge is -2.39. The van der Waals surface area contributed by atoms with Gasteiger partial charge in [-0.05, 0) is 54.8 Å². The number of phenols is 3. The van der Waals surface area contributed by atoms with Crippen LogP contribution in [0.4, 0.5) is 0 Å². The van der Waals surface area contributed by atoms with Crippen LogP contribution in [0.3, 0.4) is 0 Å². The predicted octanol–water partition coefficient (Wildman–Crippen LogP) is 0.768. The zero-order valence-corrected chi connectivity index (χ0v) is 19.4. The second kappa shape index (κ2) is 11.9. The molecular weight excluding hydrogens is 476 g/mol. The summed E-state index contributed by atoms with van der Waals surface area (Å²) in [7, 11) is 0. The molecule has 11 heteroatoms. The Morgan fingerprint density at radius 1 is 0.944 bits per heavy atom. The summed E-state index contributed by atoms with van der Waals surface area (Å²) in [6.45, 7) is 0.967. The number of phenolic OH excluding ortho intramolecular Hbond substituents is 3. The lowest BCUT2D eigenvalue weighted by Crippen LogP contribution is -2.60. The molecule has 11 nitrogen and oxygen atoms in total. The van der Waals surface area contributed by atoms with E-state index in [1.165, 1.54) is 43.3 Å². The van der Waals surface area contributed by atoms with Gasteiger partial charge in [-0.1, -0.05) is 12.1 Å². The number of ketones is 1. The van der Waals surface area contributed by atoms with Crippen molar-refractivity contribution < 1.29 is 54.4 Å². The number of aliphatic hydroxyl groups excluding tert-OH is 3. The number of esters is 1. The molecule has 1 saturated heterocycles. The van der Waals surface area contributed by atoms with Gasteiger partial charge in [-0.25, -0.2) is 4.79 Å². The van der Waals surface area contributed by atoms with Crippen molar-refractivity contribution >= 4 is 17.8 Å². The number of benzene rings is 2. The van der Waals surface area contributed by atoms with Crippen molar-refractivity contribution in [3.05, 3.63) is 53.6 Å². The summed E-state index contributed by atoms with van der Waals surface area (Å²) in [5.74, 6) is -1.84. The largest absolute Gasteiger partial charge is 0.504 e. The fraction of sp³-hybridized carbons (Fsp3) is 0.360. The first kappa shape index (κ1) is 27.0. The van der Waals surface area contributed by atoms with E-state index >= 15 is 0 Å². The summed E-state index contributed by atoms with van der Waals surface area (Å²) >= 11 is 0. The number of Topliss-reactive ketones (excluding diaryl/α,β-unsaturated/α-hetero) is 1. The molecule has 0 saturated carbocycles. The maximum absolute atomic E-state index is 12.1. The highest BCUT2D eigenvalue weighted by Gasteiger charge is 2.45. The van der Waals surface area contributed by atoms with Gasteiger partial charge in [-0.2, -0.15) is 0 Å². The number of hydrogen-bond donors (Lipinski definition) is 6. The molecule has 0 aliphatic carbocycles. The maximum Gasteiger partial charge on any atom is 0.330 e. The zero-order valence-electron chi connectivity index (χ0n) is 19.4. The highest BCUT2D eigenvalue weighted by molar-refractivity contribution is 5.87. The van der Waals surface area contributed by atoms with Gasteiger partial charge in [0.15, 0.2) is 23.0 Å². The van der Waals surface area contributed by atoms with Gasteiger partial charge in [-0.3, -0.25) is 0 Å². The van der Waals surface area contributed by atoms with E-state index in [0.29, 0.717) is 24.0 Å². The number of rotatable bonds is 9. The summed E-state index contributed by atoms with van der Waals surface area (Å²) < 4.78 is 16.0. The second-order valence-electron chi connectivity index (χ2n) is 8.35. The van der Waals surface area contributed by atoms with Crippen LogP contribution in [-0.2, 0) is 25.5 Å². The van der Waals surface area contributed by atoms with Crippen LogP contribution < -0.4 is 4.74 Å². The minimum absolute atomic E-state index is 0.00275. The van der Waals surface area contributed by atoms with Crippen LogP contribution in [-0.4, -0.2) is 79.7 Å². The fourth-order valence-electron chi connectivity index (χ4n) is 3.44. The predicted molar refractivity (Wildman–Crippen MR) is 124 cm³/mol. The van der Waals surface area contributed by atoms with Gasteiger partial charge in [0, 0.05) is 12.5 Å². The molecule has 2 aromatic carbocycles. The van der Waals surface area contributed by atoms with Crippen molar-refractivity contribution in [2.24, 2.45) is 0 Å². The Morgan fingerprint density at radius 3 is 2.36 bits per heavy atom. The zero-order chi connectivity index (χ0) is 26.4. The van der Waals surface area contributed by atoms with Crippen molar-refractivity contribution in [1.29, 1.82) is 0 Å². The number of aliphatic hydroxyl groups is 3. The Bertz CT molecular complexity index is 1110. The van der Waals surface area contributed by atoms with Gasteiger partial charge in [0.05, 0.1) is 0 Å². The van der Waals surface area contributed by atoms with E-state index in [1.54, 1.807) is 6.07 Å². The molecule has 3 rings (SSSR count). The molecule has 6 N–H and O–H groups in total. The minimum atomic E-state index is -1.69. The van der Waals surface area contributed by atoms with Crippen molar-refractivity contribution in [3.63, 3.8) is 0 Å². The minimum Gasteiger partial charge on any atom is -0.504 e. The van der Waals surface area contributed by atoms with Gasteiger partial charge in [0.1, 0.15) is 36.8 Å². The summed E-state index contributed by atoms with van der Waals surface area (Å²) in [6.07, 6.45) is -4.64. The first-order valence-corrected chi connectivity index (χ1v) is 11.1. The van der Waals surface area contributed by atoms with Gasteiger partial charge in [0.2, 0.25) is 6.29 Å². The van der Waals surface area contributed by atoms with E-state index in [-0.39, 0.29) is 28.8 Å². The summed E-state index contributed by atoms with van der Waals surface area (Å²) in [4.78, 5) is 23.2. The third kappa shape index (κ3) is 6.95. The first-order valence-electron chi connectivity index (χ1n) is 11.1. The molecule has 0 spiro atoms. The van der Waals surface area contributed by atoms with Gasteiger partial charge < -0.3 is 49.6 Å². The summed E-state index contributed by atoms with van der Waals surface area (Å²) in [5.41, 5.74) is 1.10. The standard InChI is InChI=1S/C25H28O11/c1-13(26)2-3-14-5-8-19(18(29)11-14)35-25-24(33)23(32)22(31)20(36-25)12-34-21(30)9-6-15-4-7-16(27)17(28)10-15/h4-11,20,22-25,27-29,31-33H,2-3,12H2,1H3/t20-,22-,23+,24-,25-/m1/s1. The van der Waals surface area contributed by atoms with E-state index in [9.17, 15) is 40.2 Å². The van der Waals surface area contributed by atoms with Crippen LogP contribution >= 0.6 is 0 Å². The van der Waals surface area contributed by atoms with Crippen LogP contribution in [0.1, 0.15) is 24.5 Å². The Hall–Kier alpha value is -3.64. The lowest BCUT2D eigenvalue weighted by atomic mass is 9.99. The normalized spacial score (nSPS) is 23.9. The smallest absolute Gasteiger partial charge is 0.330 e. The molecule has 0 radical (unpaired) electrons. The molecule has 2 aromatic rings. The van der Waals surface area contributed by atoms with E-state index in [2.05, 4.69) is 0 Å². The third-order valence-electron chi connectivity index (χ3n) is 5.50. The van der Waals surface area contributed by atoms with Crippen molar-refractivity contribution in [2.75, 3.05) is 6.61 Å². The number of aryl methyl sites for hydroxylation is 1. The summed E-state index contributed by atoms with van der Waals surface area (Å²) in [6, 6.07) is 8.38. The van der Waals surface area contributed by atoms with Crippen molar-refractivity contribution in [2.45, 2.75) is 50.5 Å². The Morgan fingerprint density at radius 2 is 1.69 bits per heavy atom. The van der Waals surface area contributed by atoms with Gasteiger partial charge in [-0.15, -0.1) is 0 Å². The molecular formula is C25H28O11. The van der Waals surface area contributed by atoms with E-state index in [4.69, 9.17) is 14.2 Å². The number of hydrogen-bond acceptors (Lipinski definition) is 11. The van der Waals surface area contributed by atoms with Crippen LogP contribution in [0.2, 0.25) is 0 Å². The molecule has 5 atom stereocenters. The molecule has 1 aliphatic heterocycles. The molecule has 1 heterocycles. The molecule has 36 heavy (non-hydrogen) atoms. The van der Waals surface area contributed by atoms with Crippen LogP contribution in [0.15, 0.2) is 42.5 Å². The lowest BCUT2D eigenvalue weighted by molar-refractivity contribution is -0.278. The van der Waals surface area contributed by atoms with E-state index < -0.39 is 43.3 Å². The molecule has 194 valence electrons. The van der Waals surface area contributed by atoms with E-state index in [0.717, 1.165) is 6.08 Å². The van der Waals surface area contributed by atoms with Gasteiger partial charge >= 0.3 is 5.97 Å². The van der Waals surface area contributed by atoms with Crippen LogP contribution in [0, 0.1) is 0 Å². The Balaban J connectivity index is 1.60. The van der Waals surface area contributed by atoms with Crippen molar-refractivity contribution in [1.82, 2.24) is 0 Å². The highest BCUT2D eigenvalue weighted by atomic mass is 16.7. The highest BCUT2D eigenvalue weighted by Crippen LogP contribution is 2.31. The molecule has 1 aliphatic rings. The molecule has 0 unspecified atom stereocenters.